The predicted octanol–water partition coefficient (Wildman–Crippen LogP) is 4.04. The monoisotopic (exact) mass is 619 g/mol. The Kier molecular flexibility index (Phi) is 7.33. The van der Waals surface area contributed by atoms with Gasteiger partial charge in [0.05, 0.1) is 47.0 Å². The van der Waals surface area contributed by atoms with E-state index < -0.39 is 34.2 Å². The van der Waals surface area contributed by atoms with E-state index in [9.17, 15) is 13.2 Å². The zero-order chi connectivity index (χ0) is 31.6. The molecule has 44 heavy (non-hydrogen) atoms. The summed E-state index contributed by atoms with van der Waals surface area (Å²) in [6, 6.07) is 9.99. The lowest BCUT2D eigenvalue weighted by atomic mass is 9.78. The van der Waals surface area contributed by atoms with E-state index in [0.717, 1.165) is 24.7 Å². The molecule has 1 aliphatic heterocycles. The van der Waals surface area contributed by atoms with E-state index in [4.69, 9.17) is 14.4 Å². The number of nitrogens with one attached hydrogen (secondary N) is 1. The standard InChI is InChI=1S/C31H35BFN5O5S/c1-30(2)31(3,4)43-32(42-30)23-10-7-19(15-24(23)33)17-38(44(6,40)41)26-18-37-25(16-22(26)20-8-9-20)27(29(39)34-5)28(36-37)21-11-13-35-14-12-21/h7,10-16,18,20H,8-9,17H2,1-6H3,(H,34,39). The van der Waals surface area contributed by atoms with E-state index in [1.165, 1.54) is 10.4 Å². The number of anilines is 1. The molecular formula is C31H35BFN5O5S. The van der Waals surface area contributed by atoms with Crippen molar-refractivity contribution in [1.29, 1.82) is 0 Å². The van der Waals surface area contributed by atoms with E-state index in [1.54, 1.807) is 54.4 Å². The first-order valence-electron chi connectivity index (χ1n) is 14.5. The molecule has 1 amide bonds. The predicted molar refractivity (Wildman–Crippen MR) is 167 cm³/mol. The second kappa shape index (κ2) is 10.7. The third-order valence-corrected chi connectivity index (χ3v) is 9.90. The average Bonchev–Trinajstić information content (AvgIpc) is 3.69. The van der Waals surface area contributed by atoms with Crippen LogP contribution in [0.2, 0.25) is 0 Å². The van der Waals surface area contributed by atoms with Crippen LogP contribution in [0.5, 0.6) is 0 Å². The molecule has 0 atom stereocenters. The molecule has 0 unspecified atom stereocenters. The van der Waals surface area contributed by atoms with Gasteiger partial charge in [0.15, 0.2) is 0 Å². The molecule has 3 aromatic heterocycles. The van der Waals surface area contributed by atoms with Crippen molar-refractivity contribution >= 4 is 39.7 Å². The Morgan fingerprint density at radius 3 is 2.34 bits per heavy atom. The number of pyridine rings is 2. The van der Waals surface area contributed by atoms with Gasteiger partial charge in [-0.05, 0) is 81.8 Å². The number of aromatic nitrogens is 3. The van der Waals surface area contributed by atoms with E-state index in [1.807, 2.05) is 33.8 Å². The highest BCUT2D eigenvalue weighted by Crippen LogP contribution is 2.46. The van der Waals surface area contributed by atoms with Crippen LogP contribution < -0.4 is 15.1 Å². The number of fused-ring (bicyclic) bond motifs is 1. The Morgan fingerprint density at radius 1 is 1.11 bits per heavy atom. The highest BCUT2D eigenvalue weighted by atomic mass is 32.2. The van der Waals surface area contributed by atoms with Gasteiger partial charge in [-0.25, -0.2) is 17.3 Å². The third-order valence-electron chi connectivity index (χ3n) is 8.77. The van der Waals surface area contributed by atoms with Crippen molar-refractivity contribution in [1.82, 2.24) is 19.9 Å². The van der Waals surface area contributed by atoms with E-state index >= 15 is 4.39 Å². The van der Waals surface area contributed by atoms with Gasteiger partial charge in [-0.3, -0.25) is 14.1 Å². The molecule has 2 fully saturated rings. The second-order valence-electron chi connectivity index (χ2n) is 12.5. The molecule has 1 saturated carbocycles. The number of nitrogens with zero attached hydrogens (tertiary/aromatic N) is 4. The normalized spacial score (nSPS) is 17.7. The zero-order valence-electron chi connectivity index (χ0n) is 25.6. The van der Waals surface area contributed by atoms with Crippen LogP contribution in [-0.2, 0) is 25.9 Å². The molecule has 1 aromatic carbocycles. The molecule has 13 heteroatoms. The lowest BCUT2D eigenvalue weighted by Crippen LogP contribution is -2.41. The number of hydrogen-bond donors (Lipinski definition) is 1. The van der Waals surface area contributed by atoms with Crippen molar-refractivity contribution in [2.24, 2.45) is 0 Å². The summed E-state index contributed by atoms with van der Waals surface area (Å²) in [7, 11) is -3.15. The van der Waals surface area contributed by atoms with Crippen LogP contribution in [0, 0.1) is 5.82 Å². The molecule has 1 aliphatic carbocycles. The van der Waals surface area contributed by atoms with Crippen LogP contribution in [0.25, 0.3) is 16.8 Å². The Morgan fingerprint density at radius 2 is 1.77 bits per heavy atom. The average molecular weight is 620 g/mol. The van der Waals surface area contributed by atoms with Crippen molar-refractivity contribution in [2.45, 2.75) is 64.2 Å². The number of carbonyl (C=O) groups excluding carboxylic acids is 1. The molecule has 0 spiro atoms. The van der Waals surface area contributed by atoms with Gasteiger partial charge in [-0.15, -0.1) is 0 Å². The minimum atomic E-state index is -3.83. The molecule has 6 rings (SSSR count). The number of benzene rings is 1. The van der Waals surface area contributed by atoms with Crippen molar-refractivity contribution in [3.63, 3.8) is 0 Å². The molecule has 1 N–H and O–H groups in total. The van der Waals surface area contributed by atoms with Crippen LogP contribution >= 0.6 is 0 Å². The summed E-state index contributed by atoms with van der Waals surface area (Å²) in [5, 5.41) is 7.42. The first-order valence-corrected chi connectivity index (χ1v) is 16.4. The number of amides is 1. The van der Waals surface area contributed by atoms with Crippen LogP contribution in [0.1, 0.15) is 67.9 Å². The highest BCUT2D eigenvalue weighted by molar-refractivity contribution is 7.92. The van der Waals surface area contributed by atoms with Crippen molar-refractivity contribution < 1.29 is 26.9 Å². The molecule has 230 valence electrons. The van der Waals surface area contributed by atoms with E-state index in [0.29, 0.717) is 33.6 Å². The molecule has 0 bridgehead atoms. The third kappa shape index (κ3) is 5.37. The van der Waals surface area contributed by atoms with Gasteiger partial charge in [0, 0.05) is 30.5 Å². The molecule has 0 radical (unpaired) electrons. The summed E-state index contributed by atoms with van der Waals surface area (Å²) in [5.41, 5.74) is 2.79. The SMILES string of the molecule is CNC(=O)c1c(-c2ccncc2)nn2cc(N(Cc3ccc(B4OC(C)(C)C(C)(C)O4)c(F)c3)S(C)(=O)=O)c(C3CC3)cc12. The molecule has 4 aromatic rings. The number of carbonyl (C=O) groups is 1. The number of rotatable bonds is 8. The largest absolute Gasteiger partial charge is 0.497 e. The number of sulfonamides is 1. The number of halogens is 1. The van der Waals surface area contributed by atoms with Gasteiger partial charge >= 0.3 is 7.12 Å². The molecule has 1 saturated heterocycles. The van der Waals surface area contributed by atoms with E-state index in [-0.39, 0.29) is 23.8 Å². The van der Waals surface area contributed by atoms with Gasteiger partial charge in [-0.2, -0.15) is 5.10 Å². The molecule has 4 heterocycles. The van der Waals surface area contributed by atoms with Gasteiger partial charge in [0.25, 0.3) is 5.91 Å². The van der Waals surface area contributed by atoms with E-state index in [2.05, 4.69) is 10.3 Å². The smallest absolute Gasteiger partial charge is 0.399 e. The Balaban J connectivity index is 1.42. The minimum Gasteiger partial charge on any atom is -0.399 e. The van der Waals surface area contributed by atoms with Crippen LogP contribution in [0.15, 0.2) is 55.0 Å². The molecular weight excluding hydrogens is 584 g/mol. The fraction of sp³-hybridized carbons (Fsp3) is 0.387. The quantitative estimate of drug-likeness (QED) is 0.296. The van der Waals surface area contributed by atoms with Gasteiger partial charge in [-0.1, -0.05) is 12.1 Å². The Hall–Kier alpha value is -3.81. The summed E-state index contributed by atoms with van der Waals surface area (Å²) in [5.74, 6) is -0.728. The van der Waals surface area contributed by atoms with Gasteiger partial charge < -0.3 is 14.6 Å². The summed E-state index contributed by atoms with van der Waals surface area (Å²) in [6.07, 6.45) is 7.80. The zero-order valence-corrected chi connectivity index (χ0v) is 26.4. The van der Waals surface area contributed by atoms with Crippen LogP contribution in [-0.4, -0.2) is 60.5 Å². The molecule has 10 nitrogen and oxygen atoms in total. The second-order valence-corrected chi connectivity index (χ2v) is 14.4. The first-order chi connectivity index (χ1) is 20.7. The van der Waals surface area contributed by atoms with Crippen molar-refractivity contribution in [3.05, 3.63) is 77.5 Å². The van der Waals surface area contributed by atoms with Crippen LogP contribution in [0.3, 0.4) is 0 Å². The summed E-state index contributed by atoms with van der Waals surface area (Å²) in [6.45, 7) is 7.48. The maximum Gasteiger partial charge on any atom is 0.497 e. The fourth-order valence-electron chi connectivity index (χ4n) is 5.46. The lowest BCUT2D eigenvalue weighted by Gasteiger charge is -2.32. The lowest BCUT2D eigenvalue weighted by molar-refractivity contribution is 0.00578. The summed E-state index contributed by atoms with van der Waals surface area (Å²) in [4.78, 5) is 17.2. The van der Waals surface area contributed by atoms with Gasteiger partial charge in [0.1, 0.15) is 11.5 Å². The number of hydrogen-bond acceptors (Lipinski definition) is 7. The van der Waals surface area contributed by atoms with Gasteiger partial charge in [0.2, 0.25) is 10.0 Å². The first kappa shape index (κ1) is 30.2. The topological polar surface area (TPSA) is 115 Å². The van der Waals surface area contributed by atoms with Crippen molar-refractivity contribution in [2.75, 3.05) is 17.6 Å². The summed E-state index contributed by atoms with van der Waals surface area (Å²) < 4.78 is 57.0. The maximum absolute atomic E-state index is 15.5. The Labute approximate surface area is 256 Å². The fourth-order valence-corrected chi connectivity index (χ4v) is 6.36. The van der Waals surface area contributed by atoms with Crippen LogP contribution in [0.4, 0.5) is 10.1 Å². The minimum absolute atomic E-state index is 0.106. The summed E-state index contributed by atoms with van der Waals surface area (Å²) >= 11 is 0. The van der Waals surface area contributed by atoms with Crippen molar-refractivity contribution in [3.8, 4) is 11.3 Å². The molecule has 2 aliphatic rings. The maximum atomic E-state index is 15.5. The Bertz CT molecular complexity index is 1860. The highest BCUT2D eigenvalue weighted by Gasteiger charge is 2.52.